The number of fused-ring (bicyclic) bond motifs is 1. The first-order valence-electron chi connectivity index (χ1n) is 11.0. The average Bonchev–Trinajstić information content (AvgIpc) is 3.34. The van der Waals surface area contributed by atoms with E-state index in [1.54, 1.807) is 0 Å². The van der Waals surface area contributed by atoms with Crippen LogP contribution in [0, 0.1) is 0 Å². The van der Waals surface area contributed by atoms with Crippen molar-refractivity contribution < 1.29 is 0 Å². The molecule has 0 radical (unpaired) electrons. The van der Waals surface area contributed by atoms with Crippen LogP contribution >= 0.6 is 0 Å². The van der Waals surface area contributed by atoms with Gasteiger partial charge in [0.25, 0.3) is 0 Å². The minimum Gasteiger partial charge on any atom is -0.301 e. The summed E-state index contributed by atoms with van der Waals surface area (Å²) in [6.45, 7) is 0. The van der Waals surface area contributed by atoms with Crippen LogP contribution in [-0.4, -0.2) is 14.5 Å². The number of hydrogen-bond acceptors (Lipinski definition) is 2. The highest BCUT2D eigenvalue weighted by molar-refractivity contribution is 5.93. The van der Waals surface area contributed by atoms with E-state index in [0.29, 0.717) is 0 Å². The van der Waals surface area contributed by atoms with E-state index in [4.69, 9.17) is 9.97 Å². The molecule has 0 amide bonds. The zero-order valence-corrected chi connectivity index (χ0v) is 18.0. The Balaban J connectivity index is 1.53. The Morgan fingerprint density at radius 2 is 1.00 bits per heavy atom. The first kappa shape index (κ1) is 19.2. The first-order chi connectivity index (χ1) is 16.4. The van der Waals surface area contributed by atoms with Crippen LogP contribution in [0.15, 0.2) is 128 Å². The average molecular weight is 424 g/mol. The van der Waals surface area contributed by atoms with Crippen molar-refractivity contribution in [2.45, 2.75) is 0 Å². The molecule has 4 aromatic carbocycles. The van der Waals surface area contributed by atoms with Crippen LogP contribution in [0.5, 0.6) is 0 Å². The van der Waals surface area contributed by atoms with Crippen LogP contribution in [0.4, 0.5) is 0 Å². The highest BCUT2D eigenvalue weighted by Crippen LogP contribution is 2.31. The van der Waals surface area contributed by atoms with Crippen LogP contribution in [0.25, 0.3) is 50.5 Å². The van der Waals surface area contributed by atoms with Crippen molar-refractivity contribution in [1.29, 1.82) is 0 Å². The van der Waals surface area contributed by atoms with E-state index in [1.807, 2.05) is 42.5 Å². The molecule has 0 saturated carbocycles. The van der Waals surface area contributed by atoms with Gasteiger partial charge in [0, 0.05) is 28.4 Å². The lowest BCUT2D eigenvalue weighted by Gasteiger charge is -2.10. The maximum Gasteiger partial charge on any atom is 0.162 e. The molecule has 6 rings (SSSR count). The van der Waals surface area contributed by atoms with Crippen molar-refractivity contribution in [1.82, 2.24) is 14.5 Å². The highest BCUT2D eigenvalue weighted by atomic mass is 15.1. The van der Waals surface area contributed by atoms with E-state index >= 15 is 0 Å². The lowest BCUT2D eigenvalue weighted by Crippen LogP contribution is -1.98. The molecule has 3 nitrogen and oxygen atoms in total. The molecule has 0 unspecified atom stereocenters. The molecule has 0 N–H and O–H groups in total. The van der Waals surface area contributed by atoms with Crippen LogP contribution in [0.3, 0.4) is 0 Å². The molecular formula is C30H21N3. The van der Waals surface area contributed by atoms with Crippen molar-refractivity contribution in [3.8, 4) is 39.5 Å². The van der Waals surface area contributed by atoms with Crippen molar-refractivity contribution in [2.75, 3.05) is 0 Å². The Labute approximate surface area is 192 Å². The number of benzene rings is 4. The Morgan fingerprint density at radius 3 is 1.67 bits per heavy atom. The fraction of sp³-hybridized carbons (Fsp3) is 0. The molecule has 2 aromatic heterocycles. The smallest absolute Gasteiger partial charge is 0.162 e. The standard InChI is InChI=1S/C30H21N3/c1-4-10-22(11-5-1)23-16-18-25(19-17-23)29-31-28(24-12-6-2-7-13-24)27-20-21-33(30(27)32-29)26-14-8-3-9-15-26/h1-21H. The third-order valence-corrected chi connectivity index (χ3v) is 5.88. The molecule has 0 bridgehead atoms. The van der Waals surface area contributed by atoms with Gasteiger partial charge in [-0.3, -0.25) is 0 Å². The van der Waals surface area contributed by atoms with Crippen molar-refractivity contribution in [2.24, 2.45) is 0 Å². The Hall–Kier alpha value is -4.50. The highest BCUT2D eigenvalue weighted by Gasteiger charge is 2.15. The maximum absolute atomic E-state index is 5.03. The lowest BCUT2D eigenvalue weighted by molar-refractivity contribution is 1.08. The molecule has 6 aromatic rings. The second-order valence-electron chi connectivity index (χ2n) is 7.96. The Kier molecular flexibility index (Phi) is 4.78. The summed E-state index contributed by atoms with van der Waals surface area (Å²) in [6.07, 6.45) is 2.07. The monoisotopic (exact) mass is 423 g/mol. The number of para-hydroxylation sites is 1. The largest absolute Gasteiger partial charge is 0.301 e. The molecule has 33 heavy (non-hydrogen) atoms. The number of rotatable bonds is 4. The lowest BCUT2D eigenvalue weighted by atomic mass is 10.0. The zero-order chi connectivity index (χ0) is 22.0. The van der Waals surface area contributed by atoms with E-state index in [0.717, 1.165) is 39.4 Å². The molecule has 0 atom stereocenters. The molecule has 0 spiro atoms. The molecule has 3 heteroatoms. The van der Waals surface area contributed by atoms with Crippen molar-refractivity contribution >= 4 is 11.0 Å². The Morgan fingerprint density at radius 1 is 0.455 bits per heavy atom. The molecule has 0 fully saturated rings. The molecule has 2 heterocycles. The topological polar surface area (TPSA) is 30.7 Å². The predicted molar refractivity (Wildman–Crippen MR) is 135 cm³/mol. The summed E-state index contributed by atoms with van der Waals surface area (Å²) in [7, 11) is 0. The van der Waals surface area contributed by atoms with Crippen molar-refractivity contribution in [3.05, 3.63) is 128 Å². The summed E-state index contributed by atoms with van der Waals surface area (Å²) in [5, 5.41) is 1.04. The Bertz CT molecular complexity index is 1520. The fourth-order valence-corrected chi connectivity index (χ4v) is 4.20. The number of hydrogen-bond donors (Lipinski definition) is 0. The maximum atomic E-state index is 5.03. The summed E-state index contributed by atoms with van der Waals surface area (Å²) < 4.78 is 2.13. The van der Waals surface area contributed by atoms with E-state index in [-0.39, 0.29) is 0 Å². The summed E-state index contributed by atoms with van der Waals surface area (Å²) in [4.78, 5) is 10.0. The molecular weight excluding hydrogens is 402 g/mol. The van der Waals surface area contributed by atoms with E-state index < -0.39 is 0 Å². The SMILES string of the molecule is c1ccc(-c2ccc(-c3nc(-c4ccccc4)c4ccn(-c5ccccc5)c4n3)cc2)cc1. The minimum absolute atomic E-state index is 0.719. The van der Waals surface area contributed by atoms with Gasteiger partial charge >= 0.3 is 0 Å². The van der Waals surface area contributed by atoms with Crippen molar-refractivity contribution in [3.63, 3.8) is 0 Å². The van der Waals surface area contributed by atoms with Gasteiger partial charge in [-0.15, -0.1) is 0 Å². The second kappa shape index (κ2) is 8.21. The third-order valence-electron chi connectivity index (χ3n) is 5.88. The van der Waals surface area contributed by atoms with Gasteiger partial charge in [0.05, 0.1) is 5.69 Å². The molecule has 0 aliphatic heterocycles. The van der Waals surface area contributed by atoms with E-state index in [9.17, 15) is 0 Å². The minimum atomic E-state index is 0.719. The van der Waals surface area contributed by atoms with Crippen LogP contribution in [-0.2, 0) is 0 Å². The van der Waals surface area contributed by atoms with Gasteiger partial charge < -0.3 is 4.57 Å². The fourth-order valence-electron chi connectivity index (χ4n) is 4.20. The van der Waals surface area contributed by atoms with Gasteiger partial charge in [0.15, 0.2) is 5.82 Å². The van der Waals surface area contributed by atoms with E-state index in [1.165, 1.54) is 11.1 Å². The second-order valence-corrected chi connectivity index (χ2v) is 7.96. The number of aromatic nitrogens is 3. The van der Waals surface area contributed by atoms with Crippen LogP contribution in [0.2, 0.25) is 0 Å². The third kappa shape index (κ3) is 3.60. The normalized spacial score (nSPS) is 11.0. The summed E-state index contributed by atoms with van der Waals surface area (Å²) in [5.74, 6) is 0.719. The molecule has 0 aliphatic carbocycles. The van der Waals surface area contributed by atoms with Crippen LogP contribution in [0.1, 0.15) is 0 Å². The number of nitrogens with zero attached hydrogens (tertiary/aromatic N) is 3. The predicted octanol–water partition coefficient (Wildman–Crippen LogP) is 7.42. The first-order valence-corrected chi connectivity index (χ1v) is 11.0. The summed E-state index contributed by atoms with van der Waals surface area (Å²) in [5.41, 5.74) is 7.37. The van der Waals surface area contributed by atoms with Gasteiger partial charge in [0.1, 0.15) is 5.65 Å². The van der Waals surface area contributed by atoms with Gasteiger partial charge in [-0.05, 0) is 29.3 Å². The summed E-state index contributed by atoms with van der Waals surface area (Å²) in [6, 6.07) is 41.6. The van der Waals surface area contributed by atoms with Crippen LogP contribution < -0.4 is 0 Å². The van der Waals surface area contributed by atoms with Gasteiger partial charge in [0.2, 0.25) is 0 Å². The zero-order valence-electron chi connectivity index (χ0n) is 18.0. The summed E-state index contributed by atoms with van der Waals surface area (Å²) >= 11 is 0. The van der Waals surface area contributed by atoms with Gasteiger partial charge in [-0.1, -0.05) is 103 Å². The quantitative estimate of drug-likeness (QED) is 0.295. The van der Waals surface area contributed by atoms with Gasteiger partial charge in [-0.25, -0.2) is 9.97 Å². The van der Waals surface area contributed by atoms with Gasteiger partial charge in [-0.2, -0.15) is 0 Å². The molecule has 0 saturated heterocycles. The molecule has 156 valence electrons. The molecule has 0 aliphatic rings. The van der Waals surface area contributed by atoms with E-state index in [2.05, 4.69) is 89.6 Å².